The van der Waals surface area contributed by atoms with Crippen molar-refractivity contribution in [2.24, 2.45) is 0 Å². The van der Waals surface area contributed by atoms with Gasteiger partial charge >= 0.3 is 0 Å². The zero-order valence-electron chi connectivity index (χ0n) is 8.87. The van der Waals surface area contributed by atoms with Crippen LogP contribution in [0.25, 0.3) is 0 Å². The maximum Gasteiger partial charge on any atom is 0.195 e. The molecule has 0 atom stereocenters. The highest BCUT2D eigenvalue weighted by Gasteiger charge is 2.15. The molecule has 0 amide bonds. The third-order valence-corrected chi connectivity index (χ3v) is 3.98. The second-order valence-corrected chi connectivity index (χ2v) is 4.91. The van der Waals surface area contributed by atoms with E-state index >= 15 is 0 Å². The Morgan fingerprint density at radius 2 is 2.18 bits per heavy atom. The zero-order valence-corrected chi connectivity index (χ0v) is 11.3. The first kappa shape index (κ1) is 12.3. The van der Waals surface area contributed by atoms with Gasteiger partial charge in [0, 0.05) is 26.4 Å². The van der Waals surface area contributed by atoms with Crippen LogP contribution in [-0.4, -0.2) is 12.9 Å². The number of carbonyl (C=O) groups is 1. The number of methoxy groups -OCH3 is 1. The van der Waals surface area contributed by atoms with Gasteiger partial charge < -0.3 is 4.74 Å². The monoisotopic (exact) mass is 314 g/mol. The molecule has 2 aromatic rings. The maximum absolute atomic E-state index is 13.2. The van der Waals surface area contributed by atoms with Gasteiger partial charge in [0.1, 0.15) is 0 Å². The molecule has 1 aromatic heterocycles. The lowest BCUT2D eigenvalue weighted by Gasteiger charge is -2.04. The number of benzene rings is 1. The summed E-state index contributed by atoms with van der Waals surface area (Å²) in [6.07, 6.45) is 0. The summed E-state index contributed by atoms with van der Waals surface area (Å²) in [5.74, 6) is -0.563. The van der Waals surface area contributed by atoms with Crippen LogP contribution in [0.3, 0.4) is 0 Å². The second-order valence-electron chi connectivity index (χ2n) is 3.31. The van der Waals surface area contributed by atoms with Crippen molar-refractivity contribution < 1.29 is 13.9 Å². The van der Waals surface area contributed by atoms with E-state index in [0.717, 1.165) is 4.47 Å². The van der Waals surface area contributed by atoms with Crippen molar-refractivity contribution in [2.45, 2.75) is 0 Å². The molecule has 0 fully saturated rings. The molecule has 0 N–H and O–H groups in total. The standard InChI is InChI=1S/C12H8BrFO2S/c1-16-11-4-7(2-3-10(11)14)12(15)8-5-17-6-9(8)13/h2-6H,1H3. The van der Waals surface area contributed by atoms with E-state index in [1.165, 1.54) is 36.6 Å². The van der Waals surface area contributed by atoms with Gasteiger partial charge in [0.2, 0.25) is 0 Å². The van der Waals surface area contributed by atoms with Crippen molar-refractivity contribution in [3.05, 3.63) is 50.4 Å². The lowest BCUT2D eigenvalue weighted by Crippen LogP contribution is -2.01. The Labute approximate surface area is 110 Å². The Balaban J connectivity index is 2.41. The van der Waals surface area contributed by atoms with E-state index in [4.69, 9.17) is 4.74 Å². The summed E-state index contributed by atoms with van der Waals surface area (Å²) < 4.78 is 18.8. The molecule has 17 heavy (non-hydrogen) atoms. The predicted molar refractivity (Wildman–Crippen MR) is 68.4 cm³/mol. The molecule has 2 nitrogen and oxygen atoms in total. The molecular formula is C12H8BrFO2S. The number of hydrogen-bond donors (Lipinski definition) is 0. The van der Waals surface area contributed by atoms with E-state index in [0.29, 0.717) is 11.1 Å². The largest absolute Gasteiger partial charge is 0.494 e. The van der Waals surface area contributed by atoms with Gasteiger partial charge in [0.05, 0.1) is 7.11 Å². The van der Waals surface area contributed by atoms with E-state index in [9.17, 15) is 9.18 Å². The molecule has 0 aliphatic carbocycles. The summed E-state index contributed by atoms with van der Waals surface area (Å²) in [6.45, 7) is 0. The van der Waals surface area contributed by atoms with Gasteiger partial charge in [-0.25, -0.2) is 4.39 Å². The van der Waals surface area contributed by atoms with Crippen LogP contribution in [0.15, 0.2) is 33.4 Å². The lowest BCUT2D eigenvalue weighted by atomic mass is 10.1. The van der Waals surface area contributed by atoms with Crippen LogP contribution >= 0.6 is 27.3 Å². The van der Waals surface area contributed by atoms with Gasteiger partial charge in [-0.2, -0.15) is 11.3 Å². The number of carbonyl (C=O) groups excluding carboxylic acids is 1. The van der Waals surface area contributed by atoms with Crippen molar-refractivity contribution in [1.29, 1.82) is 0 Å². The first-order valence-corrected chi connectivity index (χ1v) is 6.47. The quantitative estimate of drug-likeness (QED) is 0.803. The van der Waals surface area contributed by atoms with Crippen LogP contribution in [0.1, 0.15) is 15.9 Å². The van der Waals surface area contributed by atoms with Gasteiger partial charge in [0.15, 0.2) is 17.3 Å². The molecule has 0 spiro atoms. The minimum Gasteiger partial charge on any atom is -0.494 e. The van der Waals surface area contributed by atoms with Gasteiger partial charge in [-0.05, 0) is 34.1 Å². The van der Waals surface area contributed by atoms with E-state index in [1.54, 1.807) is 5.38 Å². The van der Waals surface area contributed by atoms with Crippen LogP contribution in [0.4, 0.5) is 4.39 Å². The summed E-state index contributed by atoms with van der Waals surface area (Å²) >= 11 is 4.73. The molecule has 1 aromatic carbocycles. The summed E-state index contributed by atoms with van der Waals surface area (Å²) in [5.41, 5.74) is 0.978. The fourth-order valence-corrected chi connectivity index (χ4v) is 2.85. The Morgan fingerprint density at radius 3 is 2.76 bits per heavy atom. The maximum atomic E-state index is 13.2. The Hall–Kier alpha value is -1.20. The predicted octanol–water partition coefficient (Wildman–Crippen LogP) is 3.89. The van der Waals surface area contributed by atoms with Crippen LogP contribution in [0, 0.1) is 5.82 Å². The van der Waals surface area contributed by atoms with E-state index in [2.05, 4.69) is 15.9 Å². The third-order valence-electron chi connectivity index (χ3n) is 2.27. The number of halogens is 2. The lowest BCUT2D eigenvalue weighted by molar-refractivity contribution is 0.103. The summed E-state index contributed by atoms with van der Waals surface area (Å²) in [5, 5.41) is 3.58. The number of hydrogen-bond acceptors (Lipinski definition) is 3. The highest BCUT2D eigenvalue weighted by molar-refractivity contribution is 9.10. The third kappa shape index (κ3) is 2.40. The number of rotatable bonds is 3. The van der Waals surface area contributed by atoms with Crippen molar-refractivity contribution in [3.63, 3.8) is 0 Å². The molecule has 0 bridgehead atoms. The van der Waals surface area contributed by atoms with Crippen molar-refractivity contribution in [2.75, 3.05) is 7.11 Å². The van der Waals surface area contributed by atoms with Gasteiger partial charge in [-0.1, -0.05) is 0 Å². The molecule has 2 rings (SSSR count). The average Bonchev–Trinajstić information content (AvgIpc) is 2.75. The molecule has 1 heterocycles. The van der Waals surface area contributed by atoms with Crippen LogP contribution in [-0.2, 0) is 0 Å². The second kappa shape index (κ2) is 4.98. The fourth-order valence-electron chi connectivity index (χ4n) is 1.40. The van der Waals surface area contributed by atoms with Gasteiger partial charge in [-0.15, -0.1) is 0 Å². The van der Waals surface area contributed by atoms with E-state index in [-0.39, 0.29) is 11.5 Å². The summed E-state index contributed by atoms with van der Waals surface area (Å²) in [6, 6.07) is 4.08. The zero-order chi connectivity index (χ0) is 12.4. The van der Waals surface area contributed by atoms with E-state index in [1.807, 2.05) is 5.38 Å². The van der Waals surface area contributed by atoms with Crippen molar-refractivity contribution >= 4 is 33.0 Å². The smallest absolute Gasteiger partial charge is 0.195 e. The molecule has 0 aliphatic heterocycles. The van der Waals surface area contributed by atoms with Gasteiger partial charge in [-0.3, -0.25) is 4.79 Å². The number of thiophene rings is 1. The van der Waals surface area contributed by atoms with Crippen LogP contribution in [0.2, 0.25) is 0 Å². The topological polar surface area (TPSA) is 26.3 Å². The first-order valence-electron chi connectivity index (χ1n) is 4.73. The minimum absolute atomic E-state index is 0.0715. The molecule has 5 heteroatoms. The molecule has 0 aliphatic rings. The van der Waals surface area contributed by atoms with Gasteiger partial charge in [0.25, 0.3) is 0 Å². The molecular weight excluding hydrogens is 307 g/mol. The fraction of sp³-hybridized carbons (Fsp3) is 0.0833. The van der Waals surface area contributed by atoms with Crippen LogP contribution < -0.4 is 4.74 Å². The molecule has 0 saturated carbocycles. The Morgan fingerprint density at radius 1 is 1.41 bits per heavy atom. The van der Waals surface area contributed by atoms with E-state index < -0.39 is 5.82 Å². The first-order chi connectivity index (χ1) is 8.13. The molecule has 0 radical (unpaired) electrons. The van der Waals surface area contributed by atoms with Crippen molar-refractivity contribution in [1.82, 2.24) is 0 Å². The normalized spacial score (nSPS) is 10.3. The van der Waals surface area contributed by atoms with Crippen LogP contribution in [0.5, 0.6) is 5.75 Å². The number of ketones is 1. The molecule has 88 valence electrons. The Kier molecular flexibility index (Phi) is 3.59. The average molecular weight is 315 g/mol. The summed E-state index contributed by atoms with van der Waals surface area (Å²) in [7, 11) is 1.37. The van der Waals surface area contributed by atoms with Crippen molar-refractivity contribution in [3.8, 4) is 5.75 Å². The highest BCUT2D eigenvalue weighted by atomic mass is 79.9. The number of ether oxygens (including phenoxy) is 1. The highest BCUT2D eigenvalue weighted by Crippen LogP contribution is 2.26. The Bertz CT molecular complexity index is 565. The molecule has 0 unspecified atom stereocenters. The minimum atomic E-state index is -0.478. The SMILES string of the molecule is COc1cc(C(=O)c2cscc2Br)ccc1F. The molecule has 0 saturated heterocycles. The summed E-state index contributed by atoms with van der Waals surface area (Å²) in [4.78, 5) is 12.1.